The molecule has 0 saturated carbocycles. The number of carbonyl (C=O) groups is 1. The average Bonchev–Trinajstić information content (AvgIpc) is 2.16. The molecular formula is C10H17NO2S. The molecule has 14 heavy (non-hydrogen) atoms. The second-order valence-electron chi connectivity index (χ2n) is 2.76. The summed E-state index contributed by atoms with van der Waals surface area (Å²) in [5.74, 6) is 1.13. The highest BCUT2D eigenvalue weighted by Crippen LogP contribution is 1.97. The summed E-state index contributed by atoms with van der Waals surface area (Å²) in [5.41, 5.74) is 0.385. The molecule has 0 aliphatic carbocycles. The number of carboxylic acids is 1. The Morgan fingerprint density at radius 2 is 2.36 bits per heavy atom. The van der Waals surface area contributed by atoms with Gasteiger partial charge in [0.05, 0.1) is 0 Å². The minimum Gasteiger partial charge on any atom is -0.478 e. The van der Waals surface area contributed by atoms with Gasteiger partial charge in [0, 0.05) is 30.2 Å². The molecule has 4 heteroatoms. The summed E-state index contributed by atoms with van der Waals surface area (Å²) in [6.45, 7) is 6.72. The maximum atomic E-state index is 10.4. The lowest BCUT2D eigenvalue weighted by Gasteiger charge is -2.00. The molecule has 0 radical (unpaired) electrons. The summed E-state index contributed by atoms with van der Waals surface area (Å²) in [6, 6.07) is 0. The van der Waals surface area contributed by atoms with Crippen molar-refractivity contribution in [2.24, 2.45) is 0 Å². The third-order valence-corrected chi connectivity index (χ3v) is 2.51. The van der Waals surface area contributed by atoms with Gasteiger partial charge in [-0.1, -0.05) is 12.2 Å². The standard InChI is InChI=1S/C10H17NO2S/c1-3-7-14-8-6-11-5-4-9(2)10(12)13/h3-4,11H,1,5-8H2,2H3,(H,12,13)/b9-4-. The number of nitrogens with one attached hydrogen (secondary N) is 1. The van der Waals surface area contributed by atoms with Crippen molar-refractivity contribution in [2.75, 3.05) is 24.6 Å². The lowest BCUT2D eigenvalue weighted by molar-refractivity contribution is -0.132. The Morgan fingerprint density at radius 3 is 2.93 bits per heavy atom. The molecule has 0 spiro atoms. The lowest BCUT2D eigenvalue weighted by atomic mass is 10.3. The van der Waals surface area contributed by atoms with Gasteiger partial charge in [-0.2, -0.15) is 11.8 Å². The van der Waals surface area contributed by atoms with E-state index in [1.165, 1.54) is 0 Å². The van der Waals surface area contributed by atoms with E-state index in [9.17, 15) is 4.79 Å². The van der Waals surface area contributed by atoms with Crippen molar-refractivity contribution in [2.45, 2.75) is 6.92 Å². The summed E-state index contributed by atoms with van der Waals surface area (Å²) in [4.78, 5) is 10.4. The Kier molecular flexibility index (Phi) is 8.37. The van der Waals surface area contributed by atoms with E-state index in [4.69, 9.17) is 5.11 Å². The first-order chi connectivity index (χ1) is 6.68. The number of hydrogen-bond acceptors (Lipinski definition) is 3. The van der Waals surface area contributed by atoms with Gasteiger partial charge >= 0.3 is 5.97 Å². The quantitative estimate of drug-likeness (QED) is 0.366. The van der Waals surface area contributed by atoms with Crippen LogP contribution in [0.25, 0.3) is 0 Å². The molecule has 0 unspecified atom stereocenters. The van der Waals surface area contributed by atoms with Gasteiger partial charge in [0.1, 0.15) is 0 Å². The van der Waals surface area contributed by atoms with E-state index in [1.807, 2.05) is 6.08 Å². The fourth-order valence-corrected chi connectivity index (χ4v) is 1.35. The van der Waals surface area contributed by atoms with Crippen molar-refractivity contribution < 1.29 is 9.90 Å². The van der Waals surface area contributed by atoms with Crippen LogP contribution < -0.4 is 5.32 Å². The van der Waals surface area contributed by atoms with E-state index in [2.05, 4.69) is 11.9 Å². The van der Waals surface area contributed by atoms with Gasteiger partial charge in [0.2, 0.25) is 0 Å². The fourth-order valence-electron chi connectivity index (χ4n) is 0.726. The third-order valence-electron chi connectivity index (χ3n) is 1.55. The molecule has 3 nitrogen and oxygen atoms in total. The van der Waals surface area contributed by atoms with Crippen LogP contribution in [0.4, 0.5) is 0 Å². The van der Waals surface area contributed by atoms with Crippen molar-refractivity contribution in [3.63, 3.8) is 0 Å². The van der Waals surface area contributed by atoms with E-state index < -0.39 is 5.97 Å². The largest absolute Gasteiger partial charge is 0.478 e. The minimum atomic E-state index is -0.854. The molecule has 0 saturated heterocycles. The van der Waals surface area contributed by atoms with Crippen LogP contribution in [0.2, 0.25) is 0 Å². The number of thioether (sulfide) groups is 1. The van der Waals surface area contributed by atoms with Gasteiger partial charge < -0.3 is 10.4 Å². The second-order valence-corrected chi connectivity index (χ2v) is 3.91. The van der Waals surface area contributed by atoms with Gasteiger partial charge in [0.25, 0.3) is 0 Å². The summed E-state index contributed by atoms with van der Waals surface area (Å²) in [5, 5.41) is 11.7. The summed E-state index contributed by atoms with van der Waals surface area (Å²) in [7, 11) is 0. The summed E-state index contributed by atoms with van der Waals surface area (Å²) < 4.78 is 0. The van der Waals surface area contributed by atoms with E-state index in [0.29, 0.717) is 12.1 Å². The van der Waals surface area contributed by atoms with Crippen LogP contribution >= 0.6 is 11.8 Å². The molecular weight excluding hydrogens is 198 g/mol. The second kappa shape index (κ2) is 8.84. The molecule has 2 N–H and O–H groups in total. The zero-order valence-corrected chi connectivity index (χ0v) is 9.27. The first kappa shape index (κ1) is 13.3. The Labute approximate surface area is 89.3 Å². The van der Waals surface area contributed by atoms with Crippen LogP contribution in [0.5, 0.6) is 0 Å². The van der Waals surface area contributed by atoms with Crippen molar-refractivity contribution in [1.82, 2.24) is 5.32 Å². The average molecular weight is 215 g/mol. The first-order valence-electron chi connectivity index (χ1n) is 4.48. The van der Waals surface area contributed by atoms with Crippen LogP contribution in [0.1, 0.15) is 6.92 Å². The van der Waals surface area contributed by atoms with Gasteiger partial charge in [-0.3, -0.25) is 0 Å². The molecule has 0 bridgehead atoms. The molecule has 0 aromatic heterocycles. The molecule has 0 fully saturated rings. The Hall–Kier alpha value is -0.740. The monoisotopic (exact) mass is 215 g/mol. The molecule has 0 aliphatic heterocycles. The van der Waals surface area contributed by atoms with Crippen molar-refractivity contribution in [1.29, 1.82) is 0 Å². The topological polar surface area (TPSA) is 49.3 Å². The molecule has 0 atom stereocenters. The van der Waals surface area contributed by atoms with Crippen LogP contribution in [-0.2, 0) is 4.79 Å². The van der Waals surface area contributed by atoms with E-state index >= 15 is 0 Å². The fraction of sp³-hybridized carbons (Fsp3) is 0.500. The van der Waals surface area contributed by atoms with Gasteiger partial charge in [0.15, 0.2) is 0 Å². The van der Waals surface area contributed by atoms with E-state index in [0.717, 1.165) is 18.1 Å². The molecule has 0 aromatic carbocycles. The molecule has 0 aliphatic rings. The summed E-state index contributed by atoms with van der Waals surface area (Å²) >= 11 is 1.80. The SMILES string of the molecule is C=CCSCCNC/C=C(/C)C(=O)O. The minimum absolute atomic E-state index is 0.385. The highest BCUT2D eigenvalue weighted by atomic mass is 32.2. The van der Waals surface area contributed by atoms with Gasteiger partial charge in [-0.05, 0) is 6.92 Å². The normalized spacial score (nSPS) is 11.4. The van der Waals surface area contributed by atoms with Crippen molar-refractivity contribution in [3.8, 4) is 0 Å². The zero-order valence-electron chi connectivity index (χ0n) is 8.45. The number of aliphatic carboxylic acids is 1. The van der Waals surface area contributed by atoms with Crippen molar-refractivity contribution in [3.05, 3.63) is 24.3 Å². The highest BCUT2D eigenvalue weighted by molar-refractivity contribution is 7.99. The maximum absolute atomic E-state index is 10.4. The number of hydrogen-bond donors (Lipinski definition) is 2. The Bertz CT molecular complexity index is 214. The maximum Gasteiger partial charge on any atom is 0.330 e. The van der Waals surface area contributed by atoms with Crippen LogP contribution in [0.3, 0.4) is 0 Å². The Morgan fingerprint density at radius 1 is 1.64 bits per heavy atom. The molecule has 0 amide bonds. The van der Waals surface area contributed by atoms with Gasteiger partial charge in [-0.25, -0.2) is 4.79 Å². The third kappa shape index (κ3) is 7.89. The predicted molar refractivity (Wildman–Crippen MR) is 61.8 cm³/mol. The highest BCUT2D eigenvalue weighted by Gasteiger charge is 1.96. The Balaban J connectivity index is 3.33. The number of carboxylic acid groups (broad SMARTS) is 1. The number of rotatable bonds is 8. The molecule has 0 rings (SSSR count). The van der Waals surface area contributed by atoms with E-state index in [1.54, 1.807) is 24.8 Å². The molecule has 80 valence electrons. The van der Waals surface area contributed by atoms with Crippen LogP contribution in [-0.4, -0.2) is 35.7 Å². The molecule has 0 heterocycles. The van der Waals surface area contributed by atoms with E-state index in [-0.39, 0.29) is 0 Å². The first-order valence-corrected chi connectivity index (χ1v) is 5.63. The predicted octanol–water partition coefficient (Wildman–Crippen LogP) is 1.53. The smallest absolute Gasteiger partial charge is 0.330 e. The van der Waals surface area contributed by atoms with Crippen LogP contribution in [0, 0.1) is 0 Å². The zero-order chi connectivity index (χ0) is 10.8. The van der Waals surface area contributed by atoms with Crippen molar-refractivity contribution >= 4 is 17.7 Å². The van der Waals surface area contributed by atoms with Gasteiger partial charge in [-0.15, -0.1) is 6.58 Å². The molecule has 0 aromatic rings. The summed E-state index contributed by atoms with van der Waals surface area (Å²) in [6.07, 6.45) is 3.56. The lowest BCUT2D eigenvalue weighted by Crippen LogP contribution is -2.17. The van der Waals surface area contributed by atoms with Crippen LogP contribution in [0.15, 0.2) is 24.3 Å².